The number of aromatic amines is 1. The fourth-order valence-corrected chi connectivity index (χ4v) is 3.01. The van der Waals surface area contributed by atoms with E-state index >= 15 is 0 Å². The van der Waals surface area contributed by atoms with Gasteiger partial charge >= 0.3 is 5.97 Å². The van der Waals surface area contributed by atoms with Gasteiger partial charge in [0.15, 0.2) is 11.5 Å². The Hall–Kier alpha value is -4.01. The van der Waals surface area contributed by atoms with Crippen LogP contribution in [0, 0.1) is 0 Å². The summed E-state index contributed by atoms with van der Waals surface area (Å²) in [4.78, 5) is 36.4. The molecule has 1 aromatic heterocycles. The fraction of sp³-hybridized carbons (Fsp3) is 0.190. The van der Waals surface area contributed by atoms with E-state index in [0.717, 1.165) is 6.07 Å². The average molecular weight is 411 g/mol. The number of H-pyrrole nitrogens is 1. The first-order valence-electron chi connectivity index (χ1n) is 9.05. The molecule has 0 fully saturated rings. The van der Waals surface area contributed by atoms with Gasteiger partial charge in [0.2, 0.25) is 0 Å². The molecular formula is C21H21N3O6. The molecule has 1 atom stereocenters. The lowest BCUT2D eigenvalue weighted by Gasteiger charge is -2.18. The summed E-state index contributed by atoms with van der Waals surface area (Å²) >= 11 is 0. The number of ether oxygens (including phenoxy) is 2. The summed E-state index contributed by atoms with van der Waals surface area (Å²) in [6.07, 6.45) is -0.356. The zero-order valence-electron chi connectivity index (χ0n) is 16.4. The van der Waals surface area contributed by atoms with Gasteiger partial charge in [-0.1, -0.05) is 24.3 Å². The highest BCUT2D eigenvalue weighted by Crippen LogP contribution is 2.31. The minimum atomic E-state index is -1.09. The van der Waals surface area contributed by atoms with Crippen molar-refractivity contribution in [2.75, 3.05) is 14.2 Å². The number of para-hydroxylation sites is 1. The van der Waals surface area contributed by atoms with Crippen LogP contribution >= 0.6 is 0 Å². The molecule has 0 aliphatic carbocycles. The second-order valence-electron chi connectivity index (χ2n) is 6.42. The van der Waals surface area contributed by atoms with E-state index in [1.54, 1.807) is 42.5 Å². The lowest BCUT2D eigenvalue weighted by atomic mass is 10.0. The third-order valence-electron chi connectivity index (χ3n) is 4.47. The molecule has 0 aliphatic heterocycles. The van der Waals surface area contributed by atoms with Gasteiger partial charge in [0.25, 0.3) is 11.5 Å². The number of rotatable bonds is 8. The van der Waals surface area contributed by atoms with Crippen LogP contribution in [0.2, 0.25) is 0 Å². The molecule has 156 valence electrons. The number of hydrogen-bond donors (Lipinski definition) is 3. The topological polar surface area (TPSA) is 123 Å². The smallest absolute Gasteiger partial charge is 0.305 e. The molecule has 0 saturated heterocycles. The zero-order valence-corrected chi connectivity index (χ0v) is 16.4. The molecule has 0 radical (unpaired) electrons. The van der Waals surface area contributed by atoms with Gasteiger partial charge in [-0.15, -0.1) is 0 Å². The van der Waals surface area contributed by atoms with Crippen LogP contribution in [0.3, 0.4) is 0 Å². The Morgan fingerprint density at radius 3 is 2.40 bits per heavy atom. The normalized spacial score (nSPS) is 11.5. The summed E-state index contributed by atoms with van der Waals surface area (Å²) in [5.41, 5.74) is 0.698. The Labute approximate surface area is 171 Å². The minimum Gasteiger partial charge on any atom is -0.493 e. The maximum atomic E-state index is 12.7. The molecule has 9 nitrogen and oxygen atoms in total. The van der Waals surface area contributed by atoms with E-state index in [-0.39, 0.29) is 12.1 Å². The van der Waals surface area contributed by atoms with Gasteiger partial charge in [-0.2, -0.15) is 0 Å². The zero-order chi connectivity index (χ0) is 21.7. The quantitative estimate of drug-likeness (QED) is 0.522. The summed E-state index contributed by atoms with van der Waals surface area (Å²) in [5.74, 6) is -0.817. The molecule has 1 amide bonds. The first-order chi connectivity index (χ1) is 14.4. The van der Waals surface area contributed by atoms with Crippen LogP contribution in [0.1, 0.15) is 28.5 Å². The Morgan fingerprint density at radius 2 is 1.77 bits per heavy atom. The lowest BCUT2D eigenvalue weighted by molar-refractivity contribution is -0.137. The Morgan fingerprint density at radius 1 is 1.07 bits per heavy atom. The third-order valence-corrected chi connectivity index (χ3v) is 4.47. The number of carbonyl (C=O) groups excluding carboxylic acids is 1. The molecular weight excluding hydrogens is 390 g/mol. The van der Waals surface area contributed by atoms with Crippen LogP contribution in [-0.4, -0.2) is 41.0 Å². The molecule has 3 N–H and O–H groups in total. The summed E-state index contributed by atoms with van der Waals surface area (Å²) in [7, 11) is 2.95. The first-order valence-corrected chi connectivity index (χ1v) is 9.05. The molecule has 3 aromatic rings. The summed E-state index contributed by atoms with van der Waals surface area (Å²) in [5, 5.41) is 14.7. The first kappa shape index (κ1) is 20.7. The van der Waals surface area contributed by atoms with Crippen molar-refractivity contribution in [3.63, 3.8) is 0 Å². The highest BCUT2D eigenvalue weighted by molar-refractivity contribution is 5.92. The summed E-state index contributed by atoms with van der Waals surface area (Å²) in [6, 6.07) is 14.0. The number of carboxylic acids is 1. The van der Waals surface area contributed by atoms with Crippen LogP contribution < -0.4 is 20.3 Å². The van der Waals surface area contributed by atoms with E-state index in [2.05, 4.69) is 10.4 Å². The predicted octanol–water partition coefficient (Wildman–Crippen LogP) is 2.13. The predicted molar refractivity (Wildman–Crippen MR) is 108 cm³/mol. The molecule has 2 aromatic carbocycles. The van der Waals surface area contributed by atoms with Crippen molar-refractivity contribution in [2.24, 2.45) is 0 Å². The second kappa shape index (κ2) is 8.99. The molecule has 1 heterocycles. The number of aliphatic carboxylic acids is 1. The molecule has 30 heavy (non-hydrogen) atoms. The Kier molecular flexibility index (Phi) is 6.21. The van der Waals surface area contributed by atoms with Crippen LogP contribution in [0.25, 0.3) is 5.69 Å². The number of nitrogens with one attached hydrogen (secondary N) is 2. The third kappa shape index (κ3) is 4.52. The number of benzene rings is 2. The van der Waals surface area contributed by atoms with Crippen molar-refractivity contribution in [3.8, 4) is 17.2 Å². The van der Waals surface area contributed by atoms with E-state index in [1.807, 2.05) is 6.07 Å². The van der Waals surface area contributed by atoms with E-state index < -0.39 is 23.5 Å². The van der Waals surface area contributed by atoms with Crippen molar-refractivity contribution >= 4 is 11.9 Å². The average Bonchev–Trinajstić information content (AvgIpc) is 3.14. The summed E-state index contributed by atoms with van der Waals surface area (Å²) < 4.78 is 11.7. The maximum Gasteiger partial charge on any atom is 0.305 e. The number of nitrogens with zero attached hydrogens (tertiary/aromatic N) is 1. The highest BCUT2D eigenvalue weighted by Gasteiger charge is 2.22. The molecule has 0 aliphatic rings. The largest absolute Gasteiger partial charge is 0.493 e. The number of carbonyl (C=O) groups is 2. The SMILES string of the molecule is COc1ccc(C(CC(=O)O)NC(=O)c2cc(=O)n(-c3ccccc3)[nH]2)cc1OC. The lowest BCUT2D eigenvalue weighted by Crippen LogP contribution is -2.30. The van der Waals surface area contributed by atoms with Crippen molar-refractivity contribution in [1.29, 1.82) is 0 Å². The van der Waals surface area contributed by atoms with Crippen molar-refractivity contribution < 1.29 is 24.2 Å². The number of methoxy groups -OCH3 is 2. The minimum absolute atomic E-state index is 0.0136. The van der Waals surface area contributed by atoms with E-state index in [1.165, 1.54) is 18.9 Å². The van der Waals surface area contributed by atoms with Crippen molar-refractivity contribution in [1.82, 2.24) is 15.1 Å². The van der Waals surface area contributed by atoms with Crippen LogP contribution in [0.15, 0.2) is 59.4 Å². The molecule has 3 rings (SSSR count). The molecule has 0 spiro atoms. The van der Waals surface area contributed by atoms with Gasteiger partial charge in [0, 0.05) is 6.07 Å². The maximum absolute atomic E-state index is 12.7. The molecule has 0 bridgehead atoms. The second-order valence-corrected chi connectivity index (χ2v) is 6.42. The number of amides is 1. The summed E-state index contributed by atoms with van der Waals surface area (Å²) in [6.45, 7) is 0. The number of carboxylic acid groups (broad SMARTS) is 1. The van der Waals surface area contributed by atoms with Gasteiger partial charge in [-0.25, -0.2) is 4.68 Å². The van der Waals surface area contributed by atoms with Crippen LogP contribution in [0.4, 0.5) is 0 Å². The van der Waals surface area contributed by atoms with E-state index in [0.29, 0.717) is 22.7 Å². The van der Waals surface area contributed by atoms with Crippen LogP contribution in [0.5, 0.6) is 11.5 Å². The van der Waals surface area contributed by atoms with Gasteiger partial charge in [-0.05, 0) is 29.8 Å². The van der Waals surface area contributed by atoms with Gasteiger partial charge in [-0.3, -0.25) is 19.5 Å². The molecule has 9 heteroatoms. The fourth-order valence-electron chi connectivity index (χ4n) is 3.01. The van der Waals surface area contributed by atoms with Crippen molar-refractivity contribution in [3.05, 3.63) is 76.2 Å². The number of aromatic nitrogens is 2. The Bertz CT molecular complexity index is 1100. The Balaban J connectivity index is 1.88. The van der Waals surface area contributed by atoms with Gasteiger partial charge in [0.1, 0.15) is 5.69 Å². The molecule has 1 unspecified atom stereocenters. The number of hydrogen-bond acceptors (Lipinski definition) is 5. The van der Waals surface area contributed by atoms with Crippen molar-refractivity contribution in [2.45, 2.75) is 12.5 Å². The van der Waals surface area contributed by atoms with Gasteiger partial charge in [0.05, 0.1) is 32.4 Å². The molecule has 0 saturated carbocycles. The van der Waals surface area contributed by atoms with E-state index in [9.17, 15) is 19.5 Å². The van der Waals surface area contributed by atoms with Crippen LogP contribution in [-0.2, 0) is 4.79 Å². The van der Waals surface area contributed by atoms with Gasteiger partial charge < -0.3 is 19.9 Å². The monoisotopic (exact) mass is 411 g/mol. The highest BCUT2D eigenvalue weighted by atomic mass is 16.5. The van der Waals surface area contributed by atoms with E-state index in [4.69, 9.17) is 9.47 Å². The standard InChI is InChI=1S/C21H21N3O6/c1-29-17-9-8-13(10-18(17)30-2)15(12-20(26)27)22-21(28)16-11-19(25)24(23-16)14-6-4-3-5-7-14/h3-11,15,23H,12H2,1-2H3,(H,22,28)(H,26,27).